The molecule has 0 bridgehead atoms. The predicted octanol–water partition coefficient (Wildman–Crippen LogP) is 3.56. The summed E-state index contributed by atoms with van der Waals surface area (Å²) >= 11 is 4.38. The molecular formula is C13H16N2S. The van der Waals surface area contributed by atoms with Crippen LogP contribution in [0.3, 0.4) is 0 Å². The van der Waals surface area contributed by atoms with Crippen molar-refractivity contribution in [3.8, 4) is 0 Å². The second-order valence-corrected chi connectivity index (χ2v) is 4.25. The van der Waals surface area contributed by atoms with E-state index in [1.54, 1.807) is 6.20 Å². The summed E-state index contributed by atoms with van der Waals surface area (Å²) in [6, 6.07) is 10.9. The standard InChI is InChI=1S/C13H16N2S/c1-2-6-12(11-7-4-3-5-8-11)15-10-9-14-13(15)16/h3-5,7-10,12H,2,6H2,1H3,(H,14,16). The van der Waals surface area contributed by atoms with Gasteiger partial charge in [-0.15, -0.1) is 12.6 Å². The quantitative estimate of drug-likeness (QED) is 0.798. The zero-order valence-electron chi connectivity index (χ0n) is 9.37. The van der Waals surface area contributed by atoms with E-state index in [2.05, 4.69) is 53.4 Å². The molecular weight excluding hydrogens is 216 g/mol. The summed E-state index contributed by atoms with van der Waals surface area (Å²) < 4.78 is 2.13. The molecule has 3 heteroatoms. The largest absolute Gasteiger partial charge is 0.319 e. The molecule has 0 aliphatic heterocycles. The highest BCUT2D eigenvalue weighted by molar-refractivity contribution is 7.80. The van der Waals surface area contributed by atoms with Crippen molar-refractivity contribution in [2.45, 2.75) is 31.0 Å². The maximum atomic E-state index is 4.38. The zero-order chi connectivity index (χ0) is 11.4. The fourth-order valence-corrected chi connectivity index (χ4v) is 2.24. The van der Waals surface area contributed by atoms with Gasteiger partial charge in [-0.1, -0.05) is 43.7 Å². The Bertz CT molecular complexity index is 436. The van der Waals surface area contributed by atoms with Crippen LogP contribution in [-0.4, -0.2) is 9.55 Å². The SMILES string of the molecule is CCCC(c1ccccc1)n1ccnc1S. The van der Waals surface area contributed by atoms with Crippen molar-refractivity contribution in [1.82, 2.24) is 9.55 Å². The number of thiol groups is 1. The molecule has 2 nitrogen and oxygen atoms in total. The Balaban J connectivity index is 2.35. The topological polar surface area (TPSA) is 17.8 Å². The molecule has 0 radical (unpaired) electrons. The molecule has 0 saturated heterocycles. The van der Waals surface area contributed by atoms with Crippen molar-refractivity contribution in [3.63, 3.8) is 0 Å². The first-order valence-corrected chi connectivity index (χ1v) is 6.04. The van der Waals surface area contributed by atoms with Crippen LogP contribution in [0.25, 0.3) is 0 Å². The number of imidazole rings is 1. The minimum Gasteiger partial charge on any atom is -0.319 e. The Labute approximate surface area is 102 Å². The van der Waals surface area contributed by atoms with Crippen molar-refractivity contribution in [2.75, 3.05) is 0 Å². The molecule has 1 unspecified atom stereocenters. The molecule has 16 heavy (non-hydrogen) atoms. The predicted molar refractivity (Wildman–Crippen MR) is 69.0 cm³/mol. The number of aromatic nitrogens is 2. The third-order valence-corrected chi connectivity index (χ3v) is 3.08. The lowest BCUT2D eigenvalue weighted by Gasteiger charge is -2.19. The Morgan fingerprint density at radius 3 is 2.62 bits per heavy atom. The van der Waals surface area contributed by atoms with Gasteiger partial charge in [0.05, 0.1) is 6.04 Å². The monoisotopic (exact) mass is 232 g/mol. The molecule has 0 amide bonds. The van der Waals surface area contributed by atoms with Crippen LogP contribution in [0, 0.1) is 0 Å². The maximum Gasteiger partial charge on any atom is 0.165 e. The first kappa shape index (κ1) is 11.3. The van der Waals surface area contributed by atoms with Crippen molar-refractivity contribution in [2.24, 2.45) is 0 Å². The molecule has 1 aromatic heterocycles. The summed E-state index contributed by atoms with van der Waals surface area (Å²) in [6.07, 6.45) is 6.04. The number of hydrogen-bond acceptors (Lipinski definition) is 2. The van der Waals surface area contributed by atoms with E-state index < -0.39 is 0 Å². The molecule has 2 rings (SSSR count). The van der Waals surface area contributed by atoms with E-state index in [9.17, 15) is 0 Å². The van der Waals surface area contributed by atoms with Crippen LogP contribution in [0.1, 0.15) is 31.4 Å². The third kappa shape index (κ3) is 2.30. The molecule has 1 heterocycles. The number of benzene rings is 1. The van der Waals surface area contributed by atoms with Crippen LogP contribution in [0.5, 0.6) is 0 Å². The van der Waals surface area contributed by atoms with Crippen molar-refractivity contribution in [1.29, 1.82) is 0 Å². The highest BCUT2D eigenvalue weighted by Crippen LogP contribution is 2.25. The third-order valence-electron chi connectivity index (χ3n) is 2.73. The average molecular weight is 232 g/mol. The fourth-order valence-electron chi connectivity index (χ4n) is 1.96. The highest BCUT2D eigenvalue weighted by Gasteiger charge is 2.13. The lowest BCUT2D eigenvalue weighted by molar-refractivity contribution is 0.498. The number of nitrogens with zero attached hydrogens (tertiary/aromatic N) is 2. The van der Waals surface area contributed by atoms with E-state index in [4.69, 9.17) is 0 Å². The van der Waals surface area contributed by atoms with Gasteiger partial charge in [0.2, 0.25) is 0 Å². The van der Waals surface area contributed by atoms with Crippen LogP contribution in [0.4, 0.5) is 0 Å². The van der Waals surface area contributed by atoms with E-state index in [-0.39, 0.29) is 0 Å². The summed E-state index contributed by atoms with van der Waals surface area (Å²) in [7, 11) is 0. The fraction of sp³-hybridized carbons (Fsp3) is 0.308. The second kappa shape index (κ2) is 5.21. The van der Waals surface area contributed by atoms with Gasteiger partial charge in [-0.25, -0.2) is 4.98 Å². The lowest BCUT2D eigenvalue weighted by atomic mass is 10.0. The Morgan fingerprint density at radius 1 is 1.31 bits per heavy atom. The van der Waals surface area contributed by atoms with E-state index in [0.717, 1.165) is 18.0 Å². The van der Waals surface area contributed by atoms with E-state index in [1.165, 1.54) is 5.56 Å². The number of rotatable bonds is 4. The molecule has 1 atom stereocenters. The second-order valence-electron chi connectivity index (χ2n) is 3.85. The Hall–Kier alpha value is -1.22. The normalized spacial score (nSPS) is 12.6. The molecule has 0 spiro atoms. The summed E-state index contributed by atoms with van der Waals surface area (Å²) in [5, 5.41) is 0.780. The summed E-state index contributed by atoms with van der Waals surface area (Å²) in [5.41, 5.74) is 1.32. The van der Waals surface area contributed by atoms with E-state index >= 15 is 0 Å². The van der Waals surface area contributed by atoms with Gasteiger partial charge in [0.25, 0.3) is 0 Å². The minimum atomic E-state index is 0.348. The summed E-state index contributed by atoms with van der Waals surface area (Å²) in [6.45, 7) is 2.20. The van der Waals surface area contributed by atoms with E-state index in [0.29, 0.717) is 6.04 Å². The summed E-state index contributed by atoms with van der Waals surface area (Å²) in [4.78, 5) is 4.17. The molecule has 84 valence electrons. The Kier molecular flexibility index (Phi) is 3.67. The van der Waals surface area contributed by atoms with E-state index in [1.807, 2.05) is 12.3 Å². The molecule has 2 aromatic rings. The highest BCUT2D eigenvalue weighted by atomic mass is 32.1. The first-order valence-electron chi connectivity index (χ1n) is 5.59. The van der Waals surface area contributed by atoms with Crippen LogP contribution in [0.15, 0.2) is 47.9 Å². The molecule has 0 saturated carbocycles. The van der Waals surface area contributed by atoms with Gasteiger partial charge in [0, 0.05) is 12.4 Å². The number of hydrogen-bond donors (Lipinski definition) is 1. The average Bonchev–Trinajstić information content (AvgIpc) is 2.73. The van der Waals surface area contributed by atoms with Crippen LogP contribution in [-0.2, 0) is 0 Å². The van der Waals surface area contributed by atoms with Gasteiger partial charge >= 0.3 is 0 Å². The van der Waals surface area contributed by atoms with Gasteiger partial charge < -0.3 is 4.57 Å². The lowest BCUT2D eigenvalue weighted by Crippen LogP contribution is -2.10. The molecule has 1 aromatic carbocycles. The van der Waals surface area contributed by atoms with Crippen molar-refractivity contribution in [3.05, 3.63) is 48.3 Å². The first-order chi connectivity index (χ1) is 7.83. The molecule has 0 aliphatic carbocycles. The van der Waals surface area contributed by atoms with Crippen LogP contribution >= 0.6 is 12.6 Å². The minimum absolute atomic E-state index is 0.348. The zero-order valence-corrected chi connectivity index (χ0v) is 10.3. The van der Waals surface area contributed by atoms with Crippen molar-refractivity contribution >= 4 is 12.6 Å². The van der Waals surface area contributed by atoms with Gasteiger partial charge in [0.1, 0.15) is 0 Å². The smallest absolute Gasteiger partial charge is 0.165 e. The summed E-state index contributed by atoms with van der Waals surface area (Å²) in [5.74, 6) is 0. The van der Waals surface area contributed by atoms with Gasteiger partial charge in [-0.3, -0.25) is 0 Å². The van der Waals surface area contributed by atoms with Gasteiger partial charge in [0.15, 0.2) is 5.16 Å². The molecule has 0 aliphatic rings. The molecule has 0 fully saturated rings. The molecule has 0 N–H and O–H groups in total. The van der Waals surface area contributed by atoms with Crippen LogP contribution in [0.2, 0.25) is 0 Å². The van der Waals surface area contributed by atoms with Gasteiger partial charge in [-0.05, 0) is 12.0 Å². The van der Waals surface area contributed by atoms with Crippen LogP contribution < -0.4 is 0 Å². The van der Waals surface area contributed by atoms with Gasteiger partial charge in [-0.2, -0.15) is 0 Å². The maximum absolute atomic E-state index is 4.38. The van der Waals surface area contributed by atoms with Crippen molar-refractivity contribution < 1.29 is 0 Å². The Morgan fingerprint density at radius 2 is 2.06 bits per heavy atom.